The third-order valence-corrected chi connectivity index (χ3v) is 14.5. The van der Waals surface area contributed by atoms with Crippen LogP contribution in [0.5, 0.6) is 0 Å². The van der Waals surface area contributed by atoms with Crippen molar-refractivity contribution in [1.29, 1.82) is 0 Å². The molecule has 3 atom stereocenters. The maximum Gasteiger partial charge on any atom is 0.410 e. The third kappa shape index (κ3) is 7.91. The largest absolute Gasteiger partial charge is 0.445 e. The molecule has 2 saturated heterocycles. The van der Waals surface area contributed by atoms with Gasteiger partial charge in [0.05, 0.1) is 22.7 Å². The summed E-state index contributed by atoms with van der Waals surface area (Å²) < 4.78 is 44.7. The number of hydrogen-bond donors (Lipinski definition) is 0. The van der Waals surface area contributed by atoms with E-state index in [0.29, 0.717) is 38.2 Å². The molecule has 1 saturated carbocycles. The van der Waals surface area contributed by atoms with Gasteiger partial charge in [0.25, 0.3) is 0 Å². The number of amides is 1. The van der Waals surface area contributed by atoms with E-state index in [1.54, 1.807) is 15.3 Å². The van der Waals surface area contributed by atoms with E-state index in [-0.39, 0.29) is 30.4 Å². The smallest absolute Gasteiger partial charge is 0.410 e. The number of carbonyl (C=O) groups excluding carboxylic acids is 1. The highest BCUT2D eigenvalue weighted by Gasteiger charge is 2.50. The maximum atomic E-state index is 14.7. The highest BCUT2D eigenvalue weighted by atomic mass is 32.2. The zero-order chi connectivity index (χ0) is 35.8. The molecule has 1 unspecified atom stereocenters. The summed E-state index contributed by atoms with van der Waals surface area (Å²) in [5.74, 6) is 0. The molecular weight excluding hydrogens is 669 g/mol. The normalized spacial score (nSPS) is 22.8. The average molecular weight is 725 g/mol. The summed E-state index contributed by atoms with van der Waals surface area (Å²) in [5.41, 5.74) is 2.13. The number of nitrogens with zero attached hydrogens (tertiary/aromatic N) is 6. The number of hydrogen-bond acceptors (Lipinski definition) is 8. The molecule has 3 heterocycles. The van der Waals surface area contributed by atoms with E-state index in [1.807, 2.05) is 54.2 Å². The lowest BCUT2D eigenvalue weighted by atomic mass is 10.1. The maximum absolute atomic E-state index is 14.7. The molecule has 11 nitrogen and oxygen atoms in total. The highest BCUT2D eigenvalue weighted by molar-refractivity contribution is 7.89. The number of aromatic nitrogens is 2. The first-order valence-electron chi connectivity index (χ1n) is 18.3. The number of benzene rings is 2. The molecule has 50 heavy (non-hydrogen) atoms. The molecule has 1 aromatic heterocycles. The minimum atomic E-state index is -3.93. The summed E-state index contributed by atoms with van der Waals surface area (Å²) in [6.45, 7) is 19.9. The van der Waals surface area contributed by atoms with Gasteiger partial charge < -0.3 is 19.3 Å². The van der Waals surface area contributed by atoms with Gasteiger partial charge in [-0.3, -0.25) is 9.58 Å². The Bertz CT molecular complexity index is 1750. The summed E-state index contributed by atoms with van der Waals surface area (Å²) in [5, 5.41) is 5.80. The van der Waals surface area contributed by atoms with Gasteiger partial charge in [-0.25, -0.2) is 13.2 Å². The molecule has 1 aliphatic carbocycles. The lowest BCUT2D eigenvalue weighted by Gasteiger charge is -2.45. The van der Waals surface area contributed by atoms with Crippen LogP contribution in [0, 0.1) is 0 Å². The van der Waals surface area contributed by atoms with Crippen LogP contribution in [0.25, 0.3) is 10.9 Å². The zero-order valence-corrected chi connectivity index (χ0v) is 32.8. The Morgan fingerprint density at radius 2 is 1.76 bits per heavy atom. The van der Waals surface area contributed by atoms with Crippen LogP contribution in [0.4, 0.5) is 10.5 Å². The number of anilines is 1. The van der Waals surface area contributed by atoms with E-state index in [9.17, 15) is 13.2 Å². The number of likely N-dealkylation sites (tertiary alicyclic amines) is 1. The molecule has 13 heteroatoms. The van der Waals surface area contributed by atoms with Gasteiger partial charge in [-0.2, -0.15) is 9.40 Å². The van der Waals surface area contributed by atoms with Crippen LogP contribution in [0.3, 0.4) is 0 Å². The Balaban J connectivity index is 1.32. The van der Waals surface area contributed by atoms with Crippen LogP contribution in [0.2, 0.25) is 25.7 Å². The molecule has 274 valence electrons. The molecule has 6 rings (SSSR count). The van der Waals surface area contributed by atoms with Crippen molar-refractivity contribution in [3.05, 3.63) is 54.2 Å². The lowest BCUT2D eigenvalue weighted by Crippen LogP contribution is -2.56. The Morgan fingerprint density at radius 3 is 2.40 bits per heavy atom. The second-order valence-electron chi connectivity index (χ2n) is 16.0. The molecule has 1 amide bonds. The van der Waals surface area contributed by atoms with E-state index in [4.69, 9.17) is 14.6 Å². The Morgan fingerprint density at radius 1 is 1.06 bits per heavy atom. The number of piperazine rings is 1. The van der Waals surface area contributed by atoms with Gasteiger partial charge in [-0.05, 0) is 70.3 Å². The molecule has 2 aliphatic heterocycles. The quantitative estimate of drug-likeness (QED) is 0.114. The Labute approximate surface area is 299 Å². The van der Waals surface area contributed by atoms with Gasteiger partial charge in [0.15, 0.2) is 0 Å². The molecule has 0 N–H and O–H groups in total. The van der Waals surface area contributed by atoms with Crippen LogP contribution in [0.1, 0.15) is 58.6 Å². The van der Waals surface area contributed by atoms with E-state index in [1.165, 1.54) is 0 Å². The van der Waals surface area contributed by atoms with Crippen molar-refractivity contribution in [2.45, 2.75) is 108 Å². The predicted octanol–water partition coefficient (Wildman–Crippen LogP) is 6.39. The van der Waals surface area contributed by atoms with Crippen LogP contribution in [-0.4, -0.2) is 110 Å². The standard InChI is InChI=1S/C37H56N6O5SSi/c1-8-41-28(2)23-40(24-29(41)3)34-20-32(49(45,46)42(37(4)15-16-37)27-47-18-19-50(5,6)7)21-35-33(34)22-38-43(35)31-14-17-39(25-31)36(44)48-26-30-12-10-9-11-13-30/h9-13,20-22,28-29,31H,8,14-19,23-27H2,1-7H3/t28-,29+,31?. The van der Waals surface area contributed by atoms with Gasteiger partial charge in [0.2, 0.25) is 10.0 Å². The molecule has 0 radical (unpaired) electrons. The zero-order valence-electron chi connectivity index (χ0n) is 31.0. The summed E-state index contributed by atoms with van der Waals surface area (Å²) in [4.78, 5) is 19.9. The number of fused-ring (bicyclic) bond motifs is 1. The predicted molar refractivity (Wildman–Crippen MR) is 201 cm³/mol. The topological polar surface area (TPSA) is 100 Å². The minimum Gasteiger partial charge on any atom is -0.445 e. The molecular formula is C37H56N6O5SSi. The van der Waals surface area contributed by atoms with Crippen molar-refractivity contribution in [2.75, 3.05) is 51.0 Å². The van der Waals surface area contributed by atoms with Crippen LogP contribution in [-0.2, 0) is 26.1 Å². The van der Waals surface area contributed by atoms with Gasteiger partial charge in [0.1, 0.15) is 13.3 Å². The number of ether oxygens (including phenoxy) is 2. The van der Waals surface area contributed by atoms with Crippen molar-refractivity contribution in [3.8, 4) is 0 Å². The van der Waals surface area contributed by atoms with E-state index in [0.717, 1.165) is 60.7 Å². The highest BCUT2D eigenvalue weighted by Crippen LogP contribution is 2.45. The monoisotopic (exact) mass is 724 g/mol. The molecule has 3 aromatic rings. The fourth-order valence-electron chi connectivity index (χ4n) is 7.50. The molecule has 3 aliphatic rings. The van der Waals surface area contributed by atoms with Crippen LogP contribution in [0.15, 0.2) is 53.6 Å². The first-order valence-corrected chi connectivity index (χ1v) is 23.4. The molecule has 0 bridgehead atoms. The number of likely N-dealkylation sites (N-methyl/N-ethyl adjacent to an activating group) is 1. The average Bonchev–Trinajstić information content (AvgIpc) is 3.42. The van der Waals surface area contributed by atoms with Gasteiger partial charge in [-0.15, -0.1) is 0 Å². The third-order valence-electron chi connectivity index (χ3n) is 10.8. The van der Waals surface area contributed by atoms with E-state index < -0.39 is 23.6 Å². The summed E-state index contributed by atoms with van der Waals surface area (Å²) in [6.07, 6.45) is 3.84. The van der Waals surface area contributed by atoms with E-state index >= 15 is 0 Å². The van der Waals surface area contributed by atoms with Crippen molar-refractivity contribution in [2.24, 2.45) is 0 Å². The fourth-order valence-corrected chi connectivity index (χ4v) is 10.0. The second-order valence-corrected chi connectivity index (χ2v) is 23.5. The fraction of sp³-hybridized carbons (Fsp3) is 0.622. The molecule has 2 aromatic carbocycles. The number of sulfonamides is 1. The van der Waals surface area contributed by atoms with Crippen molar-refractivity contribution in [3.63, 3.8) is 0 Å². The SMILES string of the molecule is CCN1[C@H](C)CN(c2cc(S(=O)(=O)N(COCC[Si](C)(C)C)C3(C)CC3)cc3c2cnn3C2CCN(C(=O)OCc3ccccc3)C2)C[C@@H]1C. The van der Waals surface area contributed by atoms with Crippen molar-refractivity contribution >= 4 is 40.8 Å². The van der Waals surface area contributed by atoms with Crippen LogP contribution < -0.4 is 4.90 Å². The molecule has 3 fully saturated rings. The van der Waals surface area contributed by atoms with Crippen molar-refractivity contribution in [1.82, 2.24) is 23.9 Å². The minimum absolute atomic E-state index is 0.0435. The first kappa shape index (κ1) is 36.8. The van der Waals surface area contributed by atoms with Gasteiger partial charge in [-0.1, -0.05) is 56.9 Å². The summed E-state index contributed by atoms with van der Waals surface area (Å²) in [7, 11) is -5.26. The summed E-state index contributed by atoms with van der Waals surface area (Å²) >= 11 is 0. The lowest BCUT2D eigenvalue weighted by molar-refractivity contribution is 0.0591. The van der Waals surface area contributed by atoms with Gasteiger partial charge >= 0.3 is 6.09 Å². The first-order chi connectivity index (χ1) is 23.7. The molecule has 0 spiro atoms. The Kier molecular flexibility index (Phi) is 10.7. The Hall–Kier alpha value is -2.97. The van der Waals surface area contributed by atoms with Crippen LogP contribution >= 0.6 is 0 Å². The van der Waals surface area contributed by atoms with E-state index in [2.05, 4.69) is 50.2 Å². The van der Waals surface area contributed by atoms with Gasteiger partial charge in [0, 0.05) is 69.6 Å². The second kappa shape index (κ2) is 14.6. The number of carbonyl (C=O) groups is 1. The van der Waals surface area contributed by atoms with Crippen molar-refractivity contribution < 1.29 is 22.7 Å². The summed E-state index contributed by atoms with van der Waals surface area (Å²) in [6, 6.07) is 14.8. The number of rotatable bonds is 13.